The van der Waals surface area contributed by atoms with Crippen molar-refractivity contribution in [3.63, 3.8) is 0 Å². The number of alkyl halides is 1. The average molecular weight is 285 g/mol. The number of carbonyl (C=O) groups excluding carboxylic acids is 1. The lowest BCUT2D eigenvalue weighted by atomic mass is 10.3. The van der Waals surface area contributed by atoms with Crippen LogP contribution in [-0.2, 0) is 4.79 Å². The molecule has 0 unspecified atom stereocenters. The number of amides is 1. The summed E-state index contributed by atoms with van der Waals surface area (Å²) in [5, 5.41) is 0.398. The van der Waals surface area contributed by atoms with Crippen molar-refractivity contribution in [1.82, 2.24) is 14.9 Å². The molecule has 0 bridgehead atoms. The molecule has 0 saturated carbocycles. The number of hydrogen-bond acceptors (Lipinski definition) is 4. The van der Waals surface area contributed by atoms with E-state index in [-0.39, 0.29) is 5.91 Å². The summed E-state index contributed by atoms with van der Waals surface area (Å²) in [6.07, 6.45) is 3.47. The molecule has 16 heavy (non-hydrogen) atoms. The molecule has 1 aromatic rings. The zero-order valence-corrected chi connectivity index (χ0v) is 10.4. The van der Waals surface area contributed by atoms with Gasteiger partial charge in [-0.3, -0.25) is 4.79 Å². The van der Waals surface area contributed by atoms with Crippen molar-refractivity contribution < 1.29 is 4.79 Å². The molecule has 0 spiro atoms. The molecule has 0 aliphatic carbocycles. The van der Waals surface area contributed by atoms with E-state index in [1.807, 2.05) is 4.90 Å². The van der Waals surface area contributed by atoms with Gasteiger partial charge in [-0.1, -0.05) is 15.9 Å². The third kappa shape index (κ3) is 2.49. The summed E-state index contributed by atoms with van der Waals surface area (Å²) in [5.41, 5.74) is 0. The van der Waals surface area contributed by atoms with Crippen molar-refractivity contribution in [3.05, 3.63) is 18.5 Å². The van der Waals surface area contributed by atoms with Crippen molar-refractivity contribution in [2.75, 3.05) is 36.4 Å². The Morgan fingerprint density at radius 3 is 2.44 bits per heavy atom. The maximum Gasteiger partial charge on any atom is 0.233 e. The highest BCUT2D eigenvalue weighted by Crippen LogP contribution is 2.09. The average Bonchev–Trinajstić information content (AvgIpc) is 2.39. The predicted octanol–water partition coefficient (Wildman–Crippen LogP) is 0.520. The van der Waals surface area contributed by atoms with Crippen LogP contribution in [0, 0.1) is 0 Å². The molecule has 1 aromatic heterocycles. The summed E-state index contributed by atoms with van der Waals surface area (Å²) in [5.74, 6) is 0.891. The number of nitrogens with zero attached hydrogens (tertiary/aromatic N) is 4. The number of halogens is 1. The summed E-state index contributed by atoms with van der Waals surface area (Å²) in [6, 6.07) is 1.80. The van der Waals surface area contributed by atoms with Crippen molar-refractivity contribution in [2.45, 2.75) is 0 Å². The van der Waals surface area contributed by atoms with Gasteiger partial charge in [-0.15, -0.1) is 0 Å². The van der Waals surface area contributed by atoms with Crippen molar-refractivity contribution in [1.29, 1.82) is 0 Å². The molecule has 6 heteroatoms. The SMILES string of the molecule is O=C(CBr)N1CCN(c2ncccn2)CC1. The number of aromatic nitrogens is 2. The van der Waals surface area contributed by atoms with E-state index >= 15 is 0 Å². The highest BCUT2D eigenvalue weighted by atomic mass is 79.9. The molecular formula is C10H13BrN4O. The van der Waals surface area contributed by atoms with Crippen LogP contribution in [0.5, 0.6) is 0 Å². The standard InChI is InChI=1S/C10H13BrN4O/c11-8-9(16)14-4-6-15(7-5-14)10-12-2-1-3-13-10/h1-3H,4-8H2. The minimum absolute atomic E-state index is 0.147. The van der Waals surface area contributed by atoms with E-state index in [0.29, 0.717) is 5.33 Å². The molecular weight excluding hydrogens is 272 g/mol. The van der Waals surface area contributed by atoms with Gasteiger partial charge in [0.2, 0.25) is 11.9 Å². The second kappa shape index (κ2) is 5.25. The summed E-state index contributed by atoms with van der Waals surface area (Å²) < 4.78 is 0. The van der Waals surface area contributed by atoms with Gasteiger partial charge in [-0.25, -0.2) is 9.97 Å². The van der Waals surface area contributed by atoms with Crippen LogP contribution in [0.2, 0.25) is 0 Å². The maximum absolute atomic E-state index is 11.4. The Morgan fingerprint density at radius 2 is 1.88 bits per heavy atom. The molecule has 0 aromatic carbocycles. The Morgan fingerprint density at radius 1 is 1.25 bits per heavy atom. The van der Waals surface area contributed by atoms with Crippen LogP contribution >= 0.6 is 15.9 Å². The lowest BCUT2D eigenvalue weighted by molar-refractivity contribution is -0.128. The molecule has 2 rings (SSSR count). The van der Waals surface area contributed by atoms with Crippen LogP contribution in [0.25, 0.3) is 0 Å². The van der Waals surface area contributed by atoms with Crippen molar-refractivity contribution >= 4 is 27.8 Å². The lowest BCUT2D eigenvalue weighted by Crippen LogP contribution is -2.49. The molecule has 1 aliphatic rings. The zero-order chi connectivity index (χ0) is 11.4. The van der Waals surface area contributed by atoms with E-state index in [1.165, 1.54) is 0 Å². The van der Waals surface area contributed by atoms with Gasteiger partial charge < -0.3 is 9.80 Å². The topological polar surface area (TPSA) is 49.3 Å². The Labute approximate surface area is 103 Å². The van der Waals surface area contributed by atoms with Crippen LogP contribution in [0.1, 0.15) is 0 Å². The second-order valence-corrected chi connectivity index (χ2v) is 4.11. The molecule has 1 amide bonds. The van der Waals surface area contributed by atoms with Crippen LogP contribution in [0.4, 0.5) is 5.95 Å². The smallest absolute Gasteiger partial charge is 0.233 e. The predicted molar refractivity (Wildman–Crippen MR) is 64.6 cm³/mol. The van der Waals surface area contributed by atoms with Gasteiger partial charge in [0.15, 0.2) is 0 Å². The number of carbonyl (C=O) groups is 1. The number of anilines is 1. The monoisotopic (exact) mass is 284 g/mol. The second-order valence-electron chi connectivity index (χ2n) is 3.55. The number of hydrogen-bond donors (Lipinski definition) is 0. The van der Waals surface area contributed by atoms with E-state index in [1.54, 1.807) is 18.5 Å². The van der Waals surface area contributed by atoms with Crippen LogP contribution < -0.4 is 4.90 Å². The molecule has 0 atom stereocenters. The van der Waals surface area contributed by atoms with Crippen LogP contribution in [-0.4, -0.2) is 52.3 Å². The number of rotatable bonds is 2. The van der Waals surface area contributed by atoms with Gasteiger partial charge in [0.25, 0.3) is 0 Å². The van der Waals surface area contributed by atoms with E-state index in [4.69, 9.17) is 0 Å². The molecule has 0 radical (unpaired) electrons. The minimum atomic E-state index is 0.147. The van der Waals surface area contributed by atoms with E-state index in [0.717, 1.165) is 32.1 Å². The molecule has 2 heterocycles. The summed E-state index contributed by atoms with van der Waals surface area (Å²) in [7, 11) is 0. The molecule has 1 aliphatic heterocycles. The quantitative estimate of drug-likeness (QED) is 0.743. The van der Waals surface area contributed by atoms with Gasteiger partial charge in [-0.2, -0.15) is 0 Å². The van der Waals surface area contributed by atoms with Gasteiger partial charge in [0, 0.05) is 38.6 Å². The first-order valence-electron chi connectivity index (χ1n) is 5.17. The summed E-state index contributed by atoms with van der Waals surface area (Å²) >= 11 is 3.18. The maximum atomic E-state index is 11.4. The lowest BCUT2D eigenvalue weighted by Gasteiger charge is -2.34. The fourth-order valence-electron chi connectivity index (χ4n) is 1.69. The molecule has 86 valence electrons. The van der Waals surface area contributed by atoms with Gasteiger partial charge in [-0.05, 0) is 6.07 Å². The molecule has 5 nitrogen and oxygen atoms in total. The largest absolute Gasteiger partial charge is 0.338 e. The zero-order valence-electron chi connectivity index (χ0n) is 8.84. The van der Waals surface area contributed by atoms with Gasteiger partial charge in [0.05, 0.1) is 5.33 Å². The summed E-state index contributed by atoms with van der Waals surface area (Å²) in [6.45, 7) is 3.07. The summed E-state index contributed by atoms with van der Waals surface area (Å²) in [4.78, 5) is 23.8. The molecule has 1 fully saturated rings. The Hall–Kier alpha value is -1.17. The minimum Gasteiger partial charge on any atom is -0.338 e. The molecule has 1 saturated heterocycles. The third-order valence-electron chi connectivity index (χ3n) is 2.58. The van der Waals surface area contributed by atoms with Crippen LogP contribution in [0.3, 0.4) is 0 Å². The fourth-order valence-corrected chi connectivity index (χ4v) is 2.05. The van der Waals surface area contributed by atoms with E-state index < -0.39 is 0 Å². The van der Waals surface area contributed by atoms with Crippen LogP contribution in [0.15, 0.2) is 18.5 Å². The van der Waals surface area contributed by atoms with Gasteiger partial charge >= 0.3 is 0 Å². The highest BCUT2D eigenvalue weighted by Gasteiger charge is 2.21. The highest BCUT2D eigenvalue weighted by molar-refractivity contribution is 9.09. The Kier molecular flexibility index (Phi) is 3.71. The van der Waals surface area contributed by atoms with Crippen molar-refractivity contribution in [2.24, 2.45) is 0 Å². The first kappa shape index (κ1) is 11.3. The third-order valence-corrected chi connectivity index (χ3v) is 3.06. The Balaban J connectivity index is 1.93. The van der Waals surface area contributed by atoms with Gasteiger partial charge in [0.1, 0.15) is 0 Å². The fraction of sp³-hybridized carbons (Fsp3) is 0.500. The first-order valence-corrected chi connectivity index (χ1v) is 6.29. The van der Waals surface area contributed by atoms with Crippen molar-refractivity contribution in [3.8, 4) is 0 Å². The van der Waals surface area contributed by atoms with E-state index in [2.05, 4.69) is 30.8 Å². The first-order chi connectivity index (χ1) is 7.81. The number of piperazine rings is 1. The molecule has 0 N–H and O–H groups in total. The Bertz CT molecular complexity index is 351. The van der Waals surface area contributed by atoms with E-state index in [9.17, 15) is 4.79 Å². The normalized spacial score (nSPS) is 16.3.